The summed E-state index contributed by atoms with van der Waals surface area (Å²) in [5.41, 5.74) is 0. The molecule has 1 aromatic heterocycles. The van der Waals surface area contributed by atoms with Crippen LogP contribution in [0.3, 0.4) is 0 Å². The largest absolute Gasteiger partial charge is 0.378 e. The van der Waals surface area contributed by atoms with E-state index in [4.69, 9.17) is 4.74 Å². The van der Waals surface area contributed by atoms with Crippen LogP contribution in [0.5, 0.6) is 0 Å². The lowest BCUT2D eigenvalue weighted by atomic mass is 10.3. The summed E-state index contributed by atoms with van der Waals surface area (Å²) in [5.74, 6) is 0.240. The van der Waals surface area contributed by atoms with Crippen molar-refractivity contribution in [2.45, 2.75) is 12.8 Å². The molecule has 2 rings (SSSR count). The first-order valence-electron chi connectivity index (χ1n) is 6.68. The van der Waals surface area contributed by atoms with E-state index in [0.717, 1.165) is 37.6 Å². The van der Waals surface area contributed by atoms with Gasteiger partial charge in [0.25, 0.3) is 0 Å². The van der Waals surface area contributed by atoms with Crippen molar-refractivity contribution in [3.8, 4) is 0 Å². The Bertz CT molecular complexity index is 377. The number of carbonyl (C=O) groups is 1. The van der Waals surface area contributed by atoms with Gasteiger partial charge in [-0.3, -0.25) is 4.79 Å². The Morgan fingerprint density at radius 1 is 1.47 bits per heavy atom. The quantitative estimate of drug-likeness (QED) is 0.777. The van der Waals surface area contributed by atoms with Gasteiger partial charge in [-0.05, 0) is 7.05 Å². The molecule has 0 spiro atoms. The van der Waals surface area contributed by atoms with Crippen LogP contribution in [0.25, 0.3) is 0 Å². The Balaban J connectivity index is 1.62. The molecule has 1 amide bonds. The molecule has 0 aliphatic carbocycles. The summed E-state index contributed by atoms with van der Waals surface area (Å²) in [6.07, 6.45) is 3.39. The van der Waals surface area contributed by atoms with Gasteiger partial charge in [0.1, 0.15) is 0 Å². The van der Waals surface area contributed by atoms with Gasteiger partial charge < -0.3 is 14.5 Å². The molecule has 0 radical (unpaired) electrons. The average molecular weight is 283 g/mol. The van der Waals surface area contributed by atoms with E-state index in [0.29, 0.717) is 19.6 Å². The molecule has 1 aliphatic rings. The van der Waals surface area contributed by atoms with Crippen molar-refractivity contribution >= 4 is 17.2 Å². The summed E-state index contributed by atoms with van der Waals surface area (Å²) in [5, 5.41) is 3.16. The first-order valence-corrected chi connectivity index (χ1v) is 7.56. The number of hydrogen-bond donors (Lipinski definition) is 0. The standard InChI is InChI=1S/C13H21N3O2S/c1-15(5-2-12-14-4-11-19-12)6-3-13(17)16-7-9-18-10-8-16/h4,11H,2-3,5-10H2,1H3. The van der Waals surface area contributed by atoms with E-state index in [1.165, 1.54) is 0 Å². The van der Waals surface area contributed by atoms with E-state index in [-0.39, 0.29) is 5.91 Å². The van der Waals surface area contributed by atoms with Gasteiger partial charge in [-0.1, -0.05) is 0 Å². The molecule has 5 nitrogen and oxygen atoms in total. The second-order valence-corrected chi connectivity index (χ2v) is 5.70. The number of nitrogens with zero attached hydrogens (tertiary/aromatic N) is 3. The number of likely N-dealkylation sites (N-methyl/N-ethyl adjacent to an activating group) is 1. The van der Waals surface area contributed by atoms with Crippen LogP contribution < -0.4 is 0 Å². The molecule has 0 N–H and O–H groups in total. The molecule has 0 atom stereocenters. The van der Waals surface area contributed by atoms with Crippen LogP contribution in [0.1, 0.15) is 11.4 Å². The van der Waals surface area contributed by atoms with Gasteiger partial charge in [-0.2, -0.15) is 0 Å². The highest BCUT2D eigenvalue weighted by atomic mass is 32.1. The molecule has 6 heteroatoms. The van der Waals surface area contributed by atoms with Gasteiger partial charge in [0.05, 0.1) is 18.2 Å². The zero-order valence-corrected chi connectivity index (χ0v) is 12.2. The number of morpholine rings is 1. The van der Waals surface area contributed by atoms with Gasteiger partial charge >= 0.3 is 0 Å². The zero-order chi connectivity index (χ0) is 13.5. The Morgan fingerprint density at radius 2 is 2.26 bits per heavy atom. The maximum Gasteiger partial charge on any atom is 0.224 e. The van der Waals surface area contributed by atoms with Crippen LogP contribution in [0.2, 0.25) is 0 Å². The second-order valence-electron chi connectivity index (χ2n) is 4.72. The van der Waals surface area contributed by atoms with E-state index in [9.17, 15) is 4.79 Å². The third-order valence-corrected chi connectivity index (χ3v) is 4.10. The molecular weight excluding hydrogens is 262 g/mol. The number of aromatic nitrogens is 1. The highest BCUT2D eigenvalue weighted by molar-refractivity contribution is 7.09. The molecule has 1 aromatic rings. The summed E-state index contributed by atoms with van der Waals surface area (Å²) in [7, 11) is 2.06. The number of carbonyl (C=O) groups excluding carboxylic acids is 1. The molecule has 106 valence electrons. The lowest BCUT2D eigenvalue weighted by molar-refractivity contribution is -0.135. The van der Waals surface area contributed by atoms with E-state index in [1.54, 1.807) is 11.3 Å². The van der Waals surface area contributed by atoms with Crippen LogP contribution in [-0.4, -0.2) is 67.1 Å². The summed E-state index contributed by atoms with van der Waals surface area (Å²) in [6.45, 7) is 4.58. The Morgan fingerprint density at radius 3 is 2.95 bits per heavy atom. The molecule has 1 aliphatic heterocycles. The minimum atomic E-state index is 0.240. The maximum absolute atomic E-state index is 12.0. The van der Waals surface area contributed by atoms with Gasteiger partial charge in [-0.15, -0.1) is 11.3 Å². The molecule has 1 saturated heterocycles. The lowest BCUT2D eigenvalue weighted by Crippen LogP contribution is -2.41. The maximum atomic E-state index is 12.0. The predicted molar refractivity (Wildman–Crippen MR) is 75.3 cm³/mol. The molecule has 0 aromatic carbocycles. The van der Waals surface area contributed by atoms with Crippen LogP contribution >= 0.6 is 11.3 Å². The van der Waals surface area contributed by atoms with E-state index in [2.05, 4.69) is 16.9 Å². The van der Waals surface area contributed by atoms with Crippen LogP contribution in [-0.2, 0) is 16.0 Å². The lowest BCUT2D eigenvalue weighted by Gasteiger charge is -2.27. The van der Waals surface area contributed by atoms with Gasteiger partial charge in [0, 0.05) is 50.6 Å². The summed E-state index contributed by atoms with van der Waals surface area (Å²) in [4.78, 5) is 20.3. The van der Waals surface area contributed by atoms with Crippen molar-refractivity contribution in [2.75, 3.05) is 46.4 Å². The Hall–Kier alpha value is -0.980. The Labute approximate surface area is 118 Å². The number of hydrogen-bond acceptors (Lipinski definition) is 5. The first kappa shape index (κ1) is 14.4. The fourth-order valence-corrected chi connectivity index (χ4v) is 2.64. The third kappa shape index (κ3) is 4.89. The van der Waals surface area contributed by atoms with Gasteiger partial charge in [-0.25, -0.2) is 4.98 Å². The summed E-state index contributed by atoms with van der Waals surface area (Å²) >= 11 is 1.69. The Kier molecular flexibility index (Phi) is 5.75. The van der Waals surface area contributed by atoms with Crippen LogP contribution in [0.4, 0.5) is 0 Å². The fraction of sp³-hybridized carbons (Fsp3) is 0.692. The smallest absolute Gasteiger partial charge is 0.224 e. The van der Waals surface area contributed by atoms with E-state index in [1.807, 2.05) is 16.5 Å². The average Bonchev–Trinajstić information content (AvgIpc) is 2.96. The number of ether oxygens (including phenoxy) is 1. The van der Waals surface area contributed by atoms with Crippen molar-refractivity contribution in [1.82, 2.24) is 14.8 Å². The zero-order valence-electron chi connectivity index (χ0n) is 11.4. The summed E-state index contributed by atoms with van der Waals surface area (Å²) in [6, 6.07) is 0. The molecule has 2 heterocycles. The molecular formula is C13H21N3O2S. The normalized spacial score (nSPS) is 16.0. The van der Waals surface area contributed by atoms with Gasteiger partial charge in [0.2, 0.25) is 5.91 Å². The van der Waals surface area contributed by atoms with E-state index >= 15 is 0 Å². The van der Waals surface area contributed by atoms with Crippen molar-refractivity contribution in [3.63, 3.8) is 0 Å². The third-order valence-electron chi connectivity index (χ3n) is 3.26. The van der Waals surface area contributed by atoms with Gasteiger partial charge in [0.15, 0.2) is 0 Å². The van der Waals surface area contributed by atoms with Crippen LogP contribution in [0, 0.1) is 0 Å². The minimum Gasteiger partial charge on any atom is -0.378 e. The monoisotopic (exact) mass is 283 g/mol. The highest BCUT2D eigenvalue weighted by Crippen LogP contribution is 2.06. The van der Waals surface area contributed by atoms with Crippen molar-refractivity contribution in [1.29, 1.82) is 0 Å². The molecule has 0 bridgehead atoms. The minimum absolute atomic E-state index is 0.240. The second kappa shape index (κ2) is 7.57. The number of thiazole rings is 1. The molecule has 1 fully saturated rings. The van der Waals surface area contributed by atoms with E-state index < -0.39 is 0 Å². The van der Waals surface area contributed by atoms with Crippen molar-refractivity contribution in [2.24, 2.45) is 0 Å². The number of rotatable bonds is 6. The topological polar surface area (TPSA) is 45.7 Å². The molecule has 19 heavy (non-hydrogen) atoms. The number of amides is 1. The van der Waals surface area contributed by atoms with Crippen LogP contribution in [0.15, 0.2) is 11.6 Å². The summed E-state index contributed by atoms with van der Waals surface area (Å²) < 4.78 is 5.25. The van der Waals surface area contributed by atoms with Crippen molar-refractivity contribution in [3.05, 3.63) is 16.6 Å². The molecule has 0 saturated carbocycles. The molecule has 0 unspecified atom stereocenters. The fourth-order valence-electron chi connectivity index (χ4n) is 2.03. The predicted octanol–water partition coefficient (Wildman–Crippen LogP) is 0.866. The SMILES string of the molecule is CN(CCC(=O)N1CCOCC1)CCc1nccs1. The highest BCUT2D eigenvalue weighted by Gasteiger charge is 2.16. The first-order chi connectivity index (χ1) is 9.25. The van der Waals surface area contributed by atoms with Crippen molar-refractivity contribution < 1.29 is 9.53 Å².